The minimum absolute atomic E-state index is 0.0478. The SMILES string of the molecule is C=CCOc1ccc(C2C(=C(O)c3ccc(F)cc3)C(=O)C(=O)N2CCN(CC)CC)cc1OCC. The highest BCUT2D eigenvalue weighted by Crippen LogP contribution is 2.42. The summed E-state index contributed by atoms with van der Waals surface area (Å²) in [5.41, 5.74) is 0.791. The van der Waals surface area contributed by atoms with E-state index in [9.17, 15) is 19.1 Å². The van der Waals surface area contributed by atoms with Crippen LogP contribution in [-0.4, -0.2) is 66.0 Å². The van der Waals surface area contributed by atoms with Gasteiger partial charge in [0.1, 0.15) is 18.2 Å². The molecule has 2 aromatic rings. The molecule has 1 aliphatic heterocycles. The largest absolute Gasteiger partial charge is 0.507 e. The summed E-state index contributed by atoms with van der Waals surface area (Å²) in [7, 11) is 0. The third kappa shape index (κ3) is 5.76. The first-order chi connectivity index (χ1) is 17.4. The second-order valence-electron chi connectivity index (χ2n) is 8.27. The summed E-state index contributed by atoms with van der Waals surface area (Å²) in [6, 6.07) is 9.48. The van der Waals surface area contributed by atoms with Crippen molar-refractivity contribution in [1.29, 1.82) is 0 Å². The highest BCUT2D eigenvalue weighted by atomic mass is 19.1. The normalized spacial score (nSPS) is 17.0. The van der Waals surface area contributed by atoms with Gasteiger partial charge in [-0.1, -0.05) is 32.6 Å². The Kier molecular flexibility index (Phi) is 9.25. The number of halogens is 1. The van der Waals surface area contributed by atoms with Crippen molar-refractivity contribution in [3.63, 3.8) is 0 Å². The van der Waals surface area contributed by atoms with Crippen molar-refractivity contribution < 1.29 is 28.6 Å². The van der Waals surface area contributed by atoms with E-state index in [1.807, 2.05) is 20.8 Å². The van der Waals surface area contributed by atoms with Gasteiger partial charge in [0.25, 0.3) is 11.7 Å². The minimum atomic E-state index is -0.849. The number of rotatable bonds is 12. The van der Waals surface area contributed by atoms with E-state index in [-0.39, 0.29) is 30.0 Å². The van der Waals surface area contributed by atoms with Gasteiger partial charge in [0.15, 0.2) is 11.5 Å². The Labute approximate surface area is 211 Å². The van der Waals surface area contributed by atoms with Gasteiger partial charge in [-0.2, -0.15) is 0 Å². The number of Topliss-reactive ketones (excluding diaryl/α,β-unsaturated/α-hetero) is 1. The second-order valence-corrected chi connectivity index (χ2v) is 8.27. The lowest BCUT2D eigenvalue weighted by Crippen LogP contribution is -2.38. The molecule has 2 aromatic carbocycles. The lowest BCUT2D eigenvalue weighted by molar-refractivity contribution is -0.140. The minimum Gasteiger partial charge on any atom is -0.507 e. The molecule has 1 atom stereocenters. The number of likely N-dealkylation sites (N-methyl/N-ethyl adjacent to an activating group) is 1. The van der Waals surface area contributed by atoms with E-state index in [2.05, 4.69) is 11.5 Å². The molecule has 1 amide bonds. The Morgan fingerprint density at radius 1 is 1.08 bits per heavy atom. The number of aliphatic hydroxyl groups is 1. The Morgan fingerprint density at radius 2 is 1.78 bits per heavy atom. The number of ketones is 1. The van der Waals surface area contributed by atoms with Crippen LogP contribution < -0.4 is 9.47 Å². The highest BCUT2D eigenvalue weighted by Gasteiger charge is 2.46. The monoisotopic (exact) mass is 496 g/mol. The number of nitrogens with zero attached hydrogens (tertiary/aromatic N) is 2. The maximum Gasteiger partial charge on any atom is 0.295 e. The van der Waals surface area contributed by atoms with Crippen LogP contribution in [0.4, 0.5) is 4.39 Å². The lowest BCUT2D eigenvalue weighted by Gasteiger charge is -2.28. The first kappa shape index (κ1) is 26.9. The molecule has 0 spiro atoms. The van der Waals surface area contributed by atoms with Crippen molar-refractivity contribution in [2.45, 2.75) is 26.8 Å². The first-order valence-corrected chi connectivity index (χ1v) is 12.1. The van der Waals surface area contributed by atoms with Gasteiger partial charge < -0.3 is 24.4 Å². The molecule has 7 nitrogen and oxygen atoms in total. The Hall–Kier alpha value is -3.65. The van der Waals surface area contributed by atoms with Gasteiger partial charge in [0.2, 0.25) is 0 Å². The molecule has 0 aliphatic carbocycles. The molecule has 1 unspecified atom stereocenters. The number of carbonyl (C=O) groups is 2. The molecule has 1 aliphatic rings. The van der Waals surface area contributed by atoms with E-state index in [1.54, 1.807) is 24.3 Å². The predicted molar refractivity (Wildman–Crippen MR) is 137 cm³/mol. The van der Waals surface area contributed by atoms with Gasteiger partial charge in [-0.05, 0) is 62.0 Å². The molecule has 1 heterocycles. The first-order valence-electron chi connectivity index (χ1n) is 12.1. The number of benzene rings is 2. The number of aliphatic hydroxyl groups excluding tert-OH is 1. The molecule has 192 valence electrons. The smallest absolute Gasteiger partial charge is 0.295 e. The van der Waals surface area contributed by atoms with Gasteiger partial charge in [0, 0.05) is 18.7 Å². The summed E-state index contributed by atoms with van der Waals surface area (Å²) in [4.78, 5) is 30.0. The van der Waals surface area contributed by atoms with E-state index in [0.717, 1.165) is 13.1 Å². The molecule has 3 rings (SSSR count). The third-order valence-electron chi connectivity index (χ3n) is 6.15. The molecule has 0 bridgehead atoms. The zero-order chi connectivity index (χ0) is 26.2. The van der Waals surface area contributed by atoms with Crippen molar-refractivity contribution in [3.05, 3.63) is 77.6 Å². The van der Waals surface area contributed by atoms with Crippen molar-refractivity contribution in [1.82, 2.24) is 9.80 Å². The maximum atomic E-state index is 13.5. The van der Waals surface area contributed by atoms with Gasteiger partial charge in [-0.3, -0.25) is 9.59 Å². The van der Waals surface area contributed by atoms with E-state index in [0.29, 0.717) is 30.2 Å². The molecule has 1 saturated heterocycles. The summed E-state index contributed by atoms with van der Waals surface area (Å²) in [6.07, 6.45) is 1.62. The number of ether oxygens (including phenoxy) is 2. The topological polar surface area (TPSA) is 79.3 Å². The molecular weight excluding hydrogens is 463 g/mol. The molecule has 36 heavy (non-hydrogen) atoms. The fraction of sp³-hybridized carbons (Fsp3) is 0.357. The van der Waals surface area contributed by atoms with Crippen LogP contribution in [0.1, 0.15) is 37.9 Å². The number of likely N-dealkylation sites (tertiary alicyclic amines) is 1. The number of hydrogen-bond acceptors (Lipinski definition) is 6. The fourth-order valence-electron chi connectivity index (χ4n) is 4.24. The van der Waals surface area contributed by atoms with Gasteiger partial charge in [0.05, 0.1) is 18.2 Å². The molecule has 8 heteroatoms. The molecule has 1 fully saturated rings. The van der Waals surface area contributed by atoms with E-state index < -0.39 is 23.5 Å². The van der Waals surface area contributed by atoms with E-state index >= 15 is 0 Å². The Balaban J connectivity index is 2.14. The fourth-order valence-corrected chi connectivity index (χ4v) is 4.24. The van der Waals surface area contributed by atoms with E-state index in [1.165, 1.54) is 29.2 Å². The van der Waals surface area contributed by atoms with Crippen molar-refractivity contribution in [3.8, 4) is 11.5 Å². The second kappa shape index (κ2) is 12.4. The summed E-state index contributed by atoms with van der Waals surface area (Å²) in [5.74, 6) is -1.35. The third-order valence-corrected chi connectivity index (χ3v) is 6.15. The maximum absolute atomic E-state index is 13.5. The van der Waals surface area contributed by atoms with Gasteiger partial charge in [-0.15, -0.1) is 0 Å². The molecule has 1 N–H and O–H groups in total. The van der Waals surface area contributed by atoms with Crippen LogP contribution in [0.3, 0.4) is 0 Å². The molecule has 0 radical (unpaired) electrons. The Bertz CT molecular complexity index is 1130. The average Bonchev–Trinajstić information content (AvgIpc) is 3.13. The van der Waals surface area contributed by atoms with Crippen LogP contribution in [0.15, 0.2) is 60.7 Å². The predicted octanol–water partition coefficient (Wildman–Crippen LogP) is 4.55. The molecule has 0 saturated carbocycles. The van der Waals surface area contributed by atoms with Crippen LogP contribution in [0.2, 0.25) is 0 Å². The van der Waals surface area contributed by atoms with Crippen LogP contribution in [-0.2, 0) is 9.59 Å². The molecular formula is C28H33FN2O5. The average molecular weight is 497 g/mol. The van der Waals surface area contributed by atoms with Crippen LogP contribution in [0.25, 0.3) is 5.76 Å². The molecule has 0 aromatic heterocycles. The summed E-state index contributed by atoms with van der Waals surface area (Å²) >= 11 is 0. The van der Waals surface area contributed by atoms with E-state index in [4.69, 9.17) is 9.47 Å². The summed E-state index contributed by atoms with van der Waals surface area (Å²) < 4.78 is 25.0. The van der Waals surface area contributed by atoms with Crippen LogP contribution in [0.5, 0.6) is 11.5 Å². The standard InChI is InChI=1S/C28H33FN2O5/c1-5-17-36-22-14-11-20(18-23(22)35-8-4)25-24(26(32)19-9-12-21(29)13-10-19)27(33)28(34)31(25)16-15-30(6-2)7-3/h5,9-14,18,25,32H,1,6-8,15-17H2,2-4H3. The Morgan fingerprint density at radius 3 is 2.39 bits per heavy atom. The summed E-state index contributed by atoms with van der Waals surface area (Å²) in [6.45, 7) is 12.7. The van der Waals surface area contributed by atoms with Crippen molar-refractivity contribution >= 4 is 17.4 Å². The van der Waals surface area contributed by atoms with Gasteiger partial charge >= 0.3 is 0 Å². The zero-order valence-electron chi connectivity index (χ0n) is 21.0. The lowest BCUT2D eigenvalue weighted by atomic mass is 9.95. The van der Waals surface area contributed by atoms with Crippen molar-refractivity contribution in [2.75, 3.05) is 39.4 Å². The van der Waals surface area contributed by atoms with Crippen LogP contribution in [0, 0.1) is 5.82 Å². The quantitative estimate of drug-likeness (QED) is 0.201. The number of amides is 1. The summed E-state index contributed by atoms with van der Waals surface area (Å²) in [5, 5.41) is 11.1. The number of hydrogen-bond donors (Lipinski definition) is 1. The van der Waals surface area contributed by atoms with Crippen LogP contribution >= 0.6 is 0 Å². The zero-order valence-corrected chi connectivity index (χ0v) is 21.0. The van der Waals surface area contributed by atoms with Gasteiger partial charge in [-0.25, -0.2) is 4.39 Å². The highest BCUT2D eigenvalue weighted by molar-refractivity contribution is 6.46. The number of carbonyl (C=O) groups excluding carboxylic acids is 2. The van der Waals surface area contributed by atoms with Crippen molar-refractivity contribution in [2.24, 2.45) is 0 Å².